The third-order valence-electron chi connectivity index (χ3n) is 2.64. The number of hydrogen-bond donors (Lipinski definition) is 3. The number of carbonyl (C=O) groups is 1. The number of nitrogen functional groups attached to an aromatic ring is 1. The second-order valence-electron chi connectivity index (χ2n) is 4.96. The van der Waals surface area contributed by atoms with Crippen molar-refractivity contribution < 1.29 is 4.79 Å². The first-order chi connectivity index (χ1) is 8.85. The highest BCUT2D eigenvalue weighted by Gasteiger charge is 2.17. The Labute approximate surface area is 113 Å². The number of anilines is 2. The average molecular weight is 266 g/mol. The molecule has 0 aliphatic carbocycles. The molecule has 0 unspecified atom stereocenters. The molecule has 0 atom stereocenters. The molecule has 1 heterocycles. The van der Waals surface area contributed by atoms with E-state index in [1.165, 1.54) is 0 Å². The van der Waals surface area contributed by atoms with Crippen LogP contribution in [0.1, 0.15) is 39.4 Å². The van der Waals surface area contributed by atoms with Crippen molar-refractivity contribution in [1.29, 1.82) is 0 Å². The van der Waals surface area contributed by atoms with Crippen molar-refractivity contribution in [3.8, 4) is 0 Å². The van der Waals surface area contributed by atoms with Crippen molar-refractivity contribution in [1.82, 2.24) is 9.97 Å². The Morgan fingerprint density at radius 3 is 2.42 bits per heavy atom. The molecule has 7 heteroatoms. The Kier molecular flexibility index (Phi) is 5.05. The molecule has 0 fully saturated rings. The number of nitrogens with two attached hydrogens (primary N) is 2. The van der Waals surface area contributed by atoms with Crippen LogP contribution in [0.4, 0.5) is 11.6 Å². The summed E-state index contributed by atoms with van der Waals surface area (Å²) in [4.78, 5) is 21.7. The molecule has 0 radical (unpaired) electrons. The Morgan fingerprint density at radius 2 is 2.00 bits per heavy atom. The van der Waals surface area contributed by atoms with Crippen LogP contribution in [0.3, 0.4) is 0 Å². The average Bonchev–Trinajstić information content (AvgIpc) is 2.34. The standard InChI is InChI=1S/C12H22N6O/c1-7(2)12-15-10(17-14)5-11(16-12)18(8(3)4)6-9(13)19/h5,7-8H,6,14H2,1-4H3,(H2,13,19)(H,15,16,17). The minimum atomic E-state index is -0.402. The van der Waals surface area contributed by atoms with E-state index in [2.05, 4.69) is 15.4 Å². The van der Waals surface area contributed by atoms with Gasteiger partial charge in [-0.1, -0.05) is 13.8 Å². The lowest BCUT2D eigenvalue weighted by atomic mass is 10.2. The molecule has 0 saturated carbocycles. The van der Waals surface area contributed by atoms with Crippen molar-refractivity contribution in [2.24, 2.45) is 11.6 Å². The fourth-order valence-corrected chi connectivity index (χ4v) is 1.63. The lowest BCUT2D eigenvalue weighted by Crippen LogP contribution is -2.39. The molecule has 1 aromatic rings. The molecule has 0 aliphatic heterocycles. The molecule has 1 amide bonds. The van der Waals surface area contributed by atoms with Crippen LogP contribution in [0, 0.1) is 0 Å². The van der Waals surface area contributed by atoms with Crippen LogP contribution in [0.5, 0.6) is 0 Å². The fraction of sp³-hybridized carbons (Fsp3) is 0.583. The van der Waals surface area contributed by atoms with E-state index >= 15 is 0 Å². The highest BCUT2D eigenvalue weighted by Crippen LogP contribution is 2.21. The number of primary amides is 1. The molecule has 0 bridgehead atoms. The third kappa shape index (κ3) is 4.06. The van der Waals surface area contributed by atoms with Gasteiger partial charge in [0.1, 0.15) is 17.5 Å². The Balaban J connectivity index is 3.21. The summed E-state index contributed by atoms with van der Waals surface area (Å²) in [5.74, 6) is 7.00. The van der Waals surface area contributed by atoms with E-state index in [9.17, 15) is 4.79 Å². The minimum Gasteiger partial charge on any atom is -0.368 e. The lowest BCUT2D eigenvalue weighted by Gasteiger charge is -2.27. The zero-order valence-electron chi connectivity index (χ0n) is 11.8. The molecular formula is C12H22N6O. The molecule has 1 rings (SSSR count). The van der Waals surface area contributed by atoms with Crippen LogP contribution in [-0.2, 0) is 4.79 Å². The van der Waals surface area contributed by atoms with Gasteiger partial charge in [0.15, 0.2) is 0 Å². The number of aromatic nitrogens is 2. The highest BCUT2D eigenvalue weighted by atomic mass is 16.1. The molecule has 1 aromatic heterocycles. The van der Waals surface area contributed by atoms with E-state index in [0.29, 0.717) is 17.5 Å². The third-order valence-corrected chi connectivity index (χ3v) is 2.64. The zero-order chi connectivity index (χ0) is 14.6. The van der Waals surface area contributed by atoms with Crippen LogP contribution >= 0.6 is 0 Å². The number of rotatable bonds is 6. The van der Waals surface area contributed by atoms with Crippen LogP contribution in [0.2, 0.25) is 0 Å². The molecule has 0 saturated heterocycles. The first-order valence-electron chi connectivity index (χ1n) is 6.25. The number of carbonyl (C=O) groups excluding carboxylic acids is 1. The number of hydrogen-bond acceptors (Lipinski definition) is 6. The Bertz CT molecular complexity index is 446. The van der Waals surface area contributed by atoms with Gasteiger partial charge in [0, 0.05) is 18.0 Å². The lowest BCUT2D eigenvalue weighted by molar-refractivity contribution is -0.116. The zero-order valence-corrected chi connectivity index (χ0v) is 11.8. The van der Waals surface area contributed by atoms with E-state index in [0.717, 1.165) is 0 Å². The monoisotopic (exact) mass is 266 g/mol. The summed E-state index contributed by atoms with van der Waals surface area (Å²) in [7, 11) is 0. The van der Waals surface area contributed by atoms with Gasteiger partial charge in [0.05, 0.1) is 6.54 Å². The number of nitrogens with zero attached hydrogens (tertiary/aromatic N) is 3. The predicted molar refractivity (Wildman–Crippen MR) is 75.6 cm³/mol. The minimum absolute atomic E-state index is 0.0908. The summed E-state index contributed by atoms with van der Waals surface area (Å²) in [5.41, 5.74) is 7.79. The molecule has 19 heavy (non-hydrogen) atoms. The summed E-state index contributed by atoms with van der Waals surface area (Å²) in [6.07, 6.45) is 0. The maximum absolute atomic E-state index is 11.2. The molecular weight excluding hydrogens is 244 g/mol. The topological polar surface area (TPSA) is 110 Å². The van der Waals surface area contributed by atoms with Crippen LogP contribution in [0.25, 0.3) is 0 Å². The van der Waals surface area contributed by atoms with Gasteiger partial charge in [0.25, 0.3) is 0 Å². The largest absolute Gasteiger partial charge is 0.368 e. The van der Waals surface area contributed by atoms with Gasteiger partial charge in [-0.05, 0) is 13.8 Å². The van der Waals surface area contributed by atoms with Gasteiger partial charge in [-0.2, -0.15) is 0 Å². The summed E-state index contributed by atoms with van der Waals surface area (Å²) >= 11 is 0. The van der Waals surface area contributed by atoms with Crippen LogP contribution < -0.4 is 21.9 Å². The predicted octanol–water partition coefficient (Wildman–Crippen LogP) is 0.586. The van der Waals surface area contributed by atoms with Crippen molar-refractivity contribution in [2.75, 3.05) is 16.9 Å². The normalized spacial score (nSPS) is 10.9. The van der Waals surface area contributed by atoms with E-state index in [1.807, 2.05) is 32.6 Å². The molecule has 0 aliphatic rings. The smallest absolute Gasteiger partial charge is 0.237 e. The van der Waals surface area contributed by atoms with Gasteiger partial charge in [-0.3, -0.25) is 4.79 Å². The fourth-order valence-electron chi connectivity index (χ4n) is 1.63. The van der Waals surface area contributed by atoms with E-state index in [4.69, 9.17) is 11.6 Å². The van der Waals surface area contributed by atoms with Crippen LogP contribution in [0.15, 0.2) is 6.07 Å². The summed E-state index contributed by atoms with van der Waals surface area (Å²) in [5, 5.41) is 0. The summed E-state index contributed by atoms with van der Waals surface area (Å²) in [6, 6.07) is 1.79. The Hall–Kier alpha value is -1.89. The van der Waals surface area contributed by atoms with Crippen molar-refractivity contribution >= 4 is 17.5 Å². The molecule has 0 spiro atoms. The second-order valence-corrected chi connectivity index (χ2v) is 4.96. The second kappa shape index (κ2) is 6.33. The first-order valence-corrected chi connectivity index (χ1v) is 6.25. The maximum Gasteiger partial charge on any atom is 0.237 e. The van der Waals surface area contributed by atoms with Gasteiger partial charge in [0.2, 0.25) is 5.91 Å². The summed E-state index contributed by atoms with van der Waals surface area (Å²) in [6.45, 7) is 8.03. The number of hydrazine groups is 1. The number of nitrogens with one attached hydrogen (secondary N) is 1. The van der Waals surface area contributed by atoms with Gasteiger partial charge in [-0.25, -0.2) is 15.8 Å². The van der Waals surface area contributed by atoms with E-state index in [-0.39, 0.29) is 18.5 Å². The van der Waals surface area contributed by atoms with Gasteiger partial charge >= 0.3 is 0 Å². The molecule has 106 valence electrons. The van der Waals surface area contributed by atoms with Crippen molar-refractivity contribution in [3.63, 3.8) is 0 Å². The van der Waals surface area contributed by atoms with Gasteiger partial charge < -0.3 is 16.1 Å². The molecule has 0 aromatic carbocycles. The quantitative estimate of drug-likeness (QED) is 0.513. The Morgan fingerprint density at radius 1 is 1.37 bits per heavy atom. The molecule has 7 nitrogen and oxygen atoms in total. The van der Waals surface area contributed by atoms with Gasteiger partial charge in [-0.15, -0.1) is 0 Å². The first kappa shape index (κ1) is 15.2. The number of amides is 1. The van der Waals surface area contributed by atoms with E-state index in [1.54, 1.807) is 6.07 Å². The highest BCUT2D eigenvalue weighted by molar-refractivity contribution is 5.79. The SMILES string of the molecule is CC(C)c1nc(NN)cc(N(CC(N)=O)C(C)C)n1. The summed E-state index contributed by atoms with van der Waals surface area (Å²) < 4.78 is 0. The molecule has 5 N–H and O–H groups in total. The van der Waals surface area contributed by atoms with Crippen molar-refractivity contribution in [2.45, 2.75) is 39.7 Å². The van der Waals surface area contributed by atoms with E-state index < -0.39 is 5.91 Å². The van der Waals surface area contributed by atoms with Crippen LogP contribution in [-0.4, -0.2) is 28.5 Å². The maximum atomic E-state index is 11.2. The van der Waals surface area contributed by atoms with Crippen molar-refractivity contribution in [3.05, 3.63) is 11.9 Å².